The lowest BCUT2D eigenvalue weighted by Gasteiger charge is -2.28. The van der Waals surface area contributed by atoms with Crippen molar-refractivity contribution in [2.45, 2.75) is 25.4 Å². The molecule has 1 aromatic carbocycles. The van der Waals surface area contributed by atoms with Crippen molar-refractivity contribution < 1.29 is 9.53 Å². The molecule has 1 aliphatic rings. The second-order valence-corrected chi connectivity index (χ2v) is 5.17. The van der Waals surface area contributed by atoms with Crippen LogP contribution in [-0.4, -0.2) is 43.0 Å². The molecule has 18 heavy (non-hydrogen) atoms. The molecule has 2 atom stereocenters. The molecule has 0 aliphatic carbocycles. The second-order valence-electron chi connectivity index (χ2n) is 4.73. The van der Waals surface area contributed by atoms with Gasteiger partial charge < -0.3 is 4.74 Å². The van der Waals surface area contributed by atoms with Crippen LogP contribution >= 0.6 is 11.6 Å². The molecule has 0 spiro atoms. The highest BCUT2D eigenvalue weighted by atomic mass is 35.5. The van der Waals surface area contributed by atoms with Crippen molar-refractivity contribution in [2.75, 3.05) is 20.3 Å². The first kappa shape index (κ1) is 13.5. The Morgan fingerprint density at radius 1 is 1.44 bits per heavy atom. The summed E-state index contributed by atoms with van der Waals surface area (Å²) < 4.78 is 5.36. The minimum Gasteiger partial charge on any atom is -0.380 e. The van der Waals surface area contributed by atoms with Gasteiger partial charge in [0, 0.05) is 23.2 Å². The second kappa shape index (κ2) is 5.83. The first-order valence-electron chi connectivity index (χ1n) is 6.19. The van der Waals surface area contributed by atoms with Gasteiger partial charge in [-0.2, -0.15) is 0 Å². The van der Waals surface area contributed by atoms with Crippen LogP contribution in [0.4, 0.5) is 0 Å². The molecule has 0 bridgehead atoms. The molecule has 3 nitrogen and oxygen atoms in total. The lowest BCUT2D eigenvalue weighted by atomic mass is 10.0. The zero-order valence-corrected chi connectivity index (χ0v) is 11.5. The summed E-state index contributed by atoms with van der Waals surface area (Å²) in [5.41, 5.74) is 0.706. The van der Waals surface area contributed by atoms with Gasteiger partial charge in [-0.1, -0.05) is 11.6 Å². The number of Topliss-reactive ketones (excluding diaryl/α,β-unsaturated/α-hetero) is 1. The number of hydrogen-bond acceptors (Lipinski definition) is 3. The minimum atomic E-state index is -0.141. The maximum absolute atomic E-state index is 12.3. The van der Waals surface area contributed by atoms with Crippen molar-refractivity contribution in [1.29, 1.82) is 0 Å². The van der Waals surface area contributed by atoms with Gasteiger partial charge in [0.1, 0.15) is 0 Å². The van der Waals surface area contributed by atoms with Crippen molar-refractivity contribution in [1.82, 2.24) is 4.90 Å². The van der Waals surface area contributed by atoms with E-state index < -0.39 is 0 Å². The predicted octanol–water partition coefficient (Wildman–Crippen LogP) is 2.63. The van der Waals surface area contributed by atoms with E-state index in [1.807, 2.05) is 14.0 Å². The van der Waals surface area contributed by atoms with Crippen LogP contribution in [-0.2, 0) is 4.74 Å². The molecule has 2 rings (SSSR count). The van der Waals surface area contributed by atoms with Gasteiger partial charge in [0.2, 0.25) is 0 Å². The van der Waals surface area contributed by atoms with Gasteiger partial charge in [-0.25, -0.2) is 0 Å². The van der Waals surface area contributed by atoms with Crippen LogP contribution in [0.5, 0.6) is 0 Å². The number of likely N-dealkylation sites (N-methyl/N-ethyl adjacent to an activating group) is 1. The Balaban J connectivity index is 2.05. The largest absolute Gasteiger partial charge is 0.380 e. The van der Waals surface area contributed by atoms with Crippen LogP contribution in [0.3, 0.4) is 0 Å². The fourth-order valence-electron chi connectivity index (χ4n) is 2.20. The molecule has 0 saturated carbocycles. The third-order valence-electron chi connectivity index (χ3n) is 3.60. The fourth-order valence-corrected chi connectivity index (χ4v) is 2.33. The molecule has 0 amide bonds. The lowest BCUT2D eigenvalue weighted by molar-refractivity contribution is 0.0795. The van der Waals surface area contributed by atoms with E-state index in [4.69, 9.17) is 16.3 Å². The summed E-state index contributed by atoms with van der Waals surface area (Å²) in [4.78, 5) is 14.4. The van der Waals surface area contributed by atoms with Crippen molar-refractivity contribution in [3.05, 3.63) is 34.9 Å². The topological polar surface area (TPSA) is 29.5 Å². The first-order valence-corrected chi connectivity index (χ1v) is 6.57. The Morgan fingerprint density at radius 2 is 2.11 bits per heavy atom. The molecule has 1 heterocycles. The highest BCUT2D eigenvalue weighted by Gasteiger charge is 2.28. The van der Waals surface area contributed by atoms with E-state index in [1.54, 1.807) is 24.3 Å². The van der Waals surface area contributed by atoms with Gasteiger partial charge in [-0.15, -0.1) is 0 Å². The Morgan fingerprint density at radius 3 is 2.67 bits per heavy atom. The zero-order chi connectivity index (χ0) is 13.1. The Labute approximate surface area is 113 Å². The fraction of sp³-hybridized carbons (Fsp3) is 0.500. The average Bonchev–Trinajstić information content (AvgIpc) is 2.91. The summed E-state index contributed by atoms with van der Waals surface area (Å²) in [6.45, 7) is 3.45. The molecule has 98 valence electrons. The number of nitrogens with zero attached hydrogens (tertiary/aromatic N) is 1. The quantitative estimate of drug-likeness (QED) is 0.786. The standard InChI is InChI=1S/C14H18ClNO2/c1-10(16(2)13-7-8-18-9-13)14(17)11-3-5-12(15)6-4-11/h3-6,10,13H,7-9H2,1-2H3. The third-order valence-corrected chi connectivity index (χ3v) is 3.85. The average molecular weight is 268 g/mol. The molecule has 0 radical (unpaired) electrons. The molecule has 0 N–H and O–H groups in total. The Hall–Kier alpha value is -0.900. The van der Waals surface area contributed by atoms with E-state index in [2.05, 4.69) is 4.90 Å². The van der Waals surface area contributed by atoms with Crippen LogP contribution in [0.2, 0.25) is 5.02 Å². The van der Waals surface area contributed by atoms with E-state index in [0.29, 0.717) is 16.6 Å². The van der Waals surface area contributed by atoms with Crippen LogP contribution in [0, 0.1) is 0 Å². The first-order chi connectivity index (χ1) is 8.59. The summed E-state index contributed by atoms with van der Waals surface area (Å²) in [6, 6.07) is 7.26. The number of ketones is 1. The van der Waals surface area contributed by atoms with Gasteiger partial charge >= 0.3 is 0 Å². The van der Waals surface area contributed by atoms with E-state index in [-0.39, 0.29) is 11.8 Å². The molecule has 1 aliphatic heterocycles. The number of carbonyl (C=O) groups is 1. The van der Waals surface area contributed by atoms with Gasteiger partial charge in [0.05, 0.1) is 12.6 Å². The highest BCUT2D eigenvalue weighted by molar-refractivity contribution is 6.30. The number of carbonyl (C=O) groups excluding carboxylic acids is 1. The summed E-state index contributed by atoms with van der Waals surface area (Å²) in [5.74, 6) is 0.126. The molecule has 1 saturated heterocycles. The third kappa shape index (κ3) is 2.91. The summed E-state index contributed by atoms with van der Waals surface area (Å²) in [6.07, 6.45) is 0.995. The number of benzene rings is 1. The minimum absolute atomic E-state index is 0.126. The molecule has 1 fully saturated rings. The van der Waals surface area contributed by atoms with Gasteiger partial charge in [-0.3, -0.25) is 9.69 Å². The van der Waals surface area contributed by atoms with E-state index >= 15 is 0 Å². The SMILES string of the molecule is CC(C(=O)c1ccc(Cl)cc1)N(C)C1CCOC1. The molecule has 2 unspecified atom stereocenters. The van der Waals surface area contributed by atoms with E-state index in [1.165, 1.54) is 0 Å². The molecular formula is C14H18ClNO2. The molecule has 4 heteroatoms. The van der Waals surface area contributed by atoms with Crippen molar-refractivity contribution in [3.8, 4) is 0 Å². The van der Waals surface area contributed by atoms with Crippen LogP contribution in [0.25, 0.3) is 0 Å². The number of hydrogen-bond donors (Lipinski definition) is 0. The summed E-state index contributed by atoms with van der Waals surface area (Å²) in [5, 5.41) is 0.650. The maximum Gasteiger partial charge on any atom is 0.179 e. The highest BCUT2D eigenvalue weighted by Crippen LogP contribution is 2.17. The molecule has 1 aromatic rings. The van der Waals surface area contributed by atoms with E-state index in [9.17, 15) is 4.79 Å². The normalized spacial score (nSPS) is 21.2. The monoisotopic (exact) mass is 267 g/mol. The number of ether oxygens (including phenoxy) is 1. The van der Waals surface area contributed by atoms with Crippen molar-refractivity contribution in [2.24, 2.45) is 0 Å². The van der Waals surface area contributed by atoms with Gasteiger partial charge in [-0.05, 0) is 44.7 Å². The Bertz CT molecular complexity index is 412. The molecular weight excluding hydrogens is 250 g/mol. The lowest BCUT2D eigenvalue weighted by Crippen LogP contribution is -2.43. The predicted molar refractivity (Wildman–Crippen MR) is 72.2 cm³/mol. The van der Waals surface area contributed by atoms with Crippen molar-refractivity contribution in [3.63, 3.8) is 0 Å². The van der Waals surface area contributed by atoms with Gasteiger partial charge in [0.15, 0.2) is 5.78 Å². The molecule has 0 aromatic heterocycles. The maximum atomic E-state index is 12.3. The Kier molecular flexibility index (Phi) is 4.38. The number of halogens is 1. The zero-order valence-electron chi connectivity index (χ0n) is 10.7. The van der Waals surface area contributed by atoms with Gasteiger partial charge in [0.25, 0.3) is 0 Å². The number of rotatable bonds is 4. The van der Waals surface area contributed by atoms with Crippen LogP contribution in [0.15, 0.2) is 24.3 Å². The smallest absolute Gasteiger partial charge is 0.179 e. The van der Waals surface area contributed by atoms with E-state index in [0.717, 1.165) is 19.6 Å². The summed E-state index contributed by atoms with van der Waals surface area (Å²) in [7, 11) is 1.98. The van der Waals surface area contributed by atoms with Crippen LogP contribution in [0.1, 0.15) is 23.7 Å². The van der Waals surface area contributed by atoms with Crippen molar-refractivity contribution >= 4 is 17.4 Å². The van der Waals surface area contributed by atoms with Crippen LogP contribution < -0.4 is 0 Å². The summed E-state index contributed by atoms with van der Waals surface area (Å²) >= 11 is 5.82.